The normalized spacial score (nSPS) is 27.8. The number of carbonyl (C=O) groups is 1. The Bertz CT molecular complexity index is 289. The fraction of sp³-hybridized carbons (Fsp3) is 0.615. The Kier molecular flexibility index (Phi) is 4.38. The molecule has 2 heterocycles. The van der Waals surface area contributed by atoms with Crippen molar-refractivity contribution < 1.29 is 23.7 Å². The first-order valence-corrected chi connectivity index (χ1v) is 6.07. The second-order valence-corrected chi connectivity index (χ2v) is 4.42. The summed E-state index contributed by atoms with van der Waals surface area (Å²) < 4.78 is 20.4. The van der Waals surface area contributed by atoms with Crippen LogP contribution in [0.25, 0.3) is 0 Å². The van der Waals surface area contributed by atoms with Crippen LogP contribution in [0.15, 0.2) is 25.3 Å². The third-order valence-corrected chi connectivity index (χ3v) is 2.82. The van der Waals surface area contributed by atoms with Crippen LogP contribution < -0.4 is 0 Å². The lowest BCUT2D eigenvalue weighted by atomic mass is 10.2. The highest BCUT2D eigenvalue weighted by Crippen LogP contribution is 2.20. The molecule has 2 aliphatic heterocycles. The third kappa shape index (κ3) is 4.50. The highest BCUT2D eigenvalue weighted by Gasteiger charge is 2.30. The Morgan fingerprint density at radius 2 is 1.50 bits per heavy atom. The molecule has 2 fully saturated rings. The van der Waals surface area contributed by atoms with Crippen LogP contribution in [0.5, 0.6) is 0 Å². The number of ether oxygens (including phenoxy) is 4. The Morgan fingerprint density at radius 1 is 1.11 bits per heavy atom. The van der Waals surface area contributed by atoms with E-state index in [1.807, 2.05) is 0 Å². The first kappa shape index (κ1) is 13.1. The minimum Gasteiger partial charge on any atom is -0.427 e. The molecular formula is C13H18O5. The van der Waals surface area contributed by atoms with E-state index in [1.54, 1.807) is 12.2 Å². The molecule has 2 rings (SSSR count). The Morgan fingerprint density at radius 3 is 1.78 bits per heavy atom. The van der Waals surface area contributed by atoms with Crippen LogP contribution in [0, 0.1) is 0 Å². The first-order chi connectivity index (χ1) is 8.71. The van der Waals surface area contributed by atoms with Gasteiger partial charge in [0.15, 0.2) is 0 Å². The van der Waals surface area contributed by atoms with Gasteiger partial charge in [-0.05, 0) is 0 Å². The van der Waals surface area contributed by atoms with E-state index in [9.17, 15) is 4.79 Å². The third-order valence-electron chi connectivity index (χ3n) is 2.82. The standard InChI is InChI=1S/C13H18O5/c1-3-9(5-11-7-15-11)17-13(14)18-10(4-2)6-12-8-16-12/h3-4,9-12H,1-2,5-8H2. The zero-order valence-electron chi connectivity index (χ0n) is 10.2. The summed E-state index contributed by atoms with van der Waals surface area (Å²) in [6, 6.07) is 0. The van der Waals surface area contributed by atoms with Gasteiger partial charge in [0.2, 0.25) is 0 Å². The van der Waals surface area contributed by atoms with Crippen molar-refractivity contribution in [2.24, 2.45) is 0 Å². The van der Waals surface area contributed by atoms with Crippen molar-refractivity contribution in [3.63, 3.8) is 0 Å². The van der Waals surface area contributed by atoms with E-state index in [0.717, 1.165) is 13.2 Å². The number of hydrogen-bond donors (Lipinski definition) is 0. The van der Waals surface area contributed by atoms with E-state index in [2.05, 4.69) is 13.2 Å². The SMILES string of the molecule is C=CC(CC1CO1)OC(=O)OC(C=C)CC1CO1. The number of epoxide rings is 2. The van der Waals surface area contributed by atoms with E-state index in [1.165, 1.54) is 0 Å². The minimum atomic E-state index is -0.703. The molecule has 18 heavy (non-hydrogen) atoms. The van der Waals surface area contributed by atoms with Crippen LogP contribution in [0.2, 0.25) is 0 Å². The van der Waals surface area contributed by atoms with Gasteiger partial charge in [0.1, 0.15) is 12.2 Å². The largest absolute Gasteiger partial charge is 0.509 e. The van der Waals surface area contributed by atoms with Crippen molar-refractivity contribution in [3.05, 3.63) is 25.3 Å². The summed E-state index contributed by atoms with van der Waals surface area (Å²) in [6.45, 7) is 8.69. The molecule has 0 radical (unpaired) electrons. The van der Waals surface area contributed by atoms with Crippen LogP contribution in [0.1, 0.15) is 12.8 Å². The quantitative estimate of drug-likeness (QED) is 0.375. The zero-order valence-corrected chi connectivity index (χ0v) is 10.2. The predicted molar refractivity (Wildman–Crippen MR) is 64.3 cm³/mol. The Labute approximate surface area is 106 Å². The molecule has 0 bridgehead atoms. The van der Waals surface area contributed by atoms with Gasteiger partial charge in [-0.15, -0.1) is 0 Å². The van der Waals surface area contributed by atoms with E-state index >= 15 is 0 Å². The topological polar surface area (TPSA) is 60.6 Å². The Hall–Kier alpha value is -1.33. The lowest BCUT2D eigenvalue weighted by Gasteiger charge is -2.16. The van der Waals surface area contributed by atoms with Crippen molar-refractivity contribution in [3.8, 4) is 0 Å². The summed E-state index contributed by atoms with van der Waals surface area (Å²) in [5, 5.41) is 0. The molecule has 2 saturated heterocycles. The van der Waals surface area contributed by atoms with Crippen molar-refractivity contribution in [2.45, 2.75) is 37.3 Å². The molecule has 5 nitrogen and oxygen atoms in total. The molecule has 0 spiro atoms. The summed E-state index contributed by atoms with van der Waals surface area (Å²) in [7, 11) is 0. The molecule has 4 unspecified atom stereocenters. The second-order valence-electron chi connectivity index (χ2n) is 4.42. The maximum absolute atomic E-state index is 11.6. The summed E-state index contributed by atoms with van der Waals surface area (Å²) in [5.74, 6) is 0. The van der Waals surface area contributed by atoms with Crippen LogP contribution in [0.4, 0.5) is 4.79 Å². The van der Waals surface area contributed by atoms with Gasteiger partial charge in [-0.3, -0.25) is 0 Å². The fourth-order valence-electron chi connectivity index (χ4n) is 1.59. The van der Waals surface area contributed by atoms with Gasteiger partial charge >= 0.3 is 6.16 Å². The van der Waals surface area contributed by atoms with E-state index in [4.69, 9.17) is 18.9 Å². The van der Waals surface area contributed by atoms with Crippen molar-refractivity contribution in [2.75, 3.05) is 13.2 Å². The number of rotatable bonds is 8. The van der Waals surface area contributed by atoms with Crippen LogP contribution in [-0.4, -0.2) is 43.8 Å². The Balaban J connectivity index is 1.70. The van der Waals surface area contributed by atoms with Gasteiger partial charge in [0, 0.05) is 12.8 Å². The molecule has 0 aromatic carbocycles. The molecule has 0 aromatic rings. The van der Waals surface area contributed by atoms with Crippen LogP contribution in [-0.2, 0) is 18.9 Å². The first-order valence-electron chi connectivity index (χ1n) is 6.07. The summed E-state index contributed by atoms with van der Waals surface area (Å²) in [4.78, 5) is 11.6. The van der Waals surface area contributed by atoms with Crippen LogP contribution >= 0.6 is 0 Å². The molecule has 2 aliphatic rings. The highest BCUT2D eigenvalue weighted by molar-refractivity contribution is 5.60. The summed E-state index contributed by atoms with van der Waals surface area (Å²) in [6.07, 6.45) is 3.33. The van der Waals surface area contributed by atoms with E-state index in [0.29, 0.717) is 12.8 Å². The van der Waals surface area contributed by atoms with Gasteiger partial charge in [0.05, 0.1) is 25.4 Å². The predicted octanol–water partition coefficient (Wildman–Crippen LogP) is 1.83. The lowest BCUT2D eigenvalue weighted by Crippen LogP contribution is -2.23. The monoisotopic (exact) mass is 254 g/mol. The van der Waals surface area contributed by atoms with Crippen molar-refractivity contribution in [1.82, 2.24) is 0 Å². The molecule has 0 amide bonds. The van der Waals surface area contributed by atoms with Gasteiger partial charge < -0.3 is 18.9 Å². The molecule has 100 valence electrons. The molecule has 0 N–H and O–H groups in total. The molecule has 0 aliphatic carbocycles. The van der Waals surface area contributed by atoms with Crippen molar-refractivity contribution >= 4 is 6.16 Å². The number of hydrogen-bond acceptors (Lipinski definition) is 5. The smallest absolute Gasteiger partial charge is 0.427 e. The molecular weight excluding hydrogens is 236 g/mol. The summed E-state index contributed by atoms with van der Waals surface area (Å²) >= 11 is 0. The molecule has 4 atom stereocenters. The molecule has 0 aromatic heterocycles. The molecule has 0 saturated carbocycles. The number of carbonyl (C=O) groups excluding carboxylic acids is 1. The second kappa shape index (κ2) is 6.02. The van der Waals surface area contributed by atoms with E-state index < -0.39 is 6.16 Å². The van der Waals surface area contributed by atoms with Gasteiger partial charge in [-0.25, -0.2) is 4.79 Å². The van der Waals surface area contributed by atoms with Gasteiger partial charge in [-0.1, -0.05) is 25.3 Å². The van der Waals surface area contributed by atoms with Crippen molar-refractivity contribution in [1.29, 1.82) is 0 Å². The van der Waals surface area contributed by atoms with Gasteiger partial charge in [-0.2, -0.15) is 0 Å². The van der Waals surface area contributed by atoms with Crippen LogP contribution in [0.3, 0.4) is 0 Å². The average molecular weight is 254 g/mol. The maximum Gasteiger partial charge on any atom is 0.509 e. The van der Waals surface area contributed by atoms with E-state index in [-0.39, 0.29) is 24.4 Å². The molecule has 5 heteroatoms. The zero-order chi connectivity index (χ0) is 13.0. The average Bonchev–Trinajstić information content (AvgIpc) is 3.22. The minimum absolute atomic E-state index is 0.177. The summed E-state index contributed by atoms with van der Waals surface area (Å²) in [5.41, 5.74) is 0. The van der Waals surface area contributed by atoms with Gasteiger partial charge in [0.25, 0.3) is 0 Å². The fourth-order valence-corrected chi connectivity index (χ4v) is 1.59. The lowest BCUT2D eigenvalue weighted by molar-refractivity contribution is 0.0149. The highest BCUT2D eigenvalue weighted by atomic mass is 16.7. The maximum atomic E-state index is 11.6.